The summed E-state index contributed by atoms with van der Waals surface area (Å²) >= 11 is 7.74. The molecule has 0 saturated heterocycles. The van der Waals surface area contributed by atoms with Crippen molar-refractivity contribution < 1.29 is 14.5 Å². The number of hydrogen-bond acceptors (Lipinski definition) is 7. The topological polar surface area (TPSA) is 65.5 Å². The second-order valence-electron chi connectivity index (χ2n) is 5.84. The summed E-state index contributed by atoms with van der Waals surface area (Å²) in [4.78, 5) is 19.3. The van der Waals surface area contributed by atoms with Gasteiger partial charge in [-0.15, -0.1) is 0 Å². The van der Waals surface area contributed by atoms with Gasteiger partial charge < -0.3 is 10.1 Å². The quantitative estimate of drug-likeness (QED) is 0.147. The summed E-state index contributed by atoms with van der Waals surface area (Å²) in [5, 5.41) is 4.47. The maximum Gasteiger partial charge on any atom is 0.190 e. The average Bonchev–Trinajstić information content (AvgIpc) is 2.74. The SMILES string of the molecule is CCOOCCSc1nc(Nc2ccc(OC)c(Cl)c2)cc(-c2ccccc2)n1. The number of nitrogens with one attached hydrogen (secondary N) is 1. The Kier molecular flexibility index (Phi) is 8.13. The molecule has 1 heterocycles. The van der Waals surface area contributed by atoms with Gasteiger partial charge in [0.25, 0.3) is 0 Å². The highest BCUT2D eigenvalue weighted by Gasteiger charge is 2.09. The van der Waals surface area contributed by atoms with Gasteiger partial charge in [-0.3, -0.25) is 0 Å². The van der Waals surface area contributed by atoms with E-state index in [2.05, 4.69) is 15.3 Å². The zero-order valence-electron chi connectivity index (χ0n) is 16.2. The lowest BCUT2D eigenvalue weighted by molar-refractivity contribution is -0.286. The normalized spacial score (nSPS) is 10.7. The number of nitrogens with zero attached hydrogens (tertiary/aromatic N) is 2. The number of methoxy groups -OCH3 is 1. The Bertz CT molecular complexity index is 928. The number of benzene rings is 2. The molecule has 0 unspecified atom stereocenters. The Labute approximate surface area is 179 Å². The van der Waals surface area contributed by atoms with Crippen LogP contribution in [0.2, 0.25) is 5.02 Å². The predicted octanol–water partition coefficient (Wildman–Crippen LogP) is 5.61. The van der Waals surface area contributed by atoms with Crippen LogP contribution >= 0.6 is 23.4 Å². The standard InChI is InChI=1S/C21H22ClN3O3S/c1-3-27-28-11-12-29-21-24-18(15-7-5-4-6-8-15)14-20(25-21)23-16-9-10-19(26-2)17(22)13-16/h4-10,13-14H,3,11-12H2,1-2H3,(H,23,24,25). The summed E-state index contributed by atoms with van der Waals surface area (Å²) in [5.41, 5.74) is 2.65. The molecule has 3 aromatic rings. The van der Waals surface area contributed by atoms with E-state index in [1.807, 2.05) is 55.5 Å². The van der Waals surface area contributed by atoms with Crippen molar-refractivity contribution >= 4 is 34.9 Å². The molecule has 0 spiro atoms. The van der Waals surface area contributed by atoms with Gasteiger partial charge in [0.15, 0.2) is 5.16 Å². The molecule has 2 aromatic carbocycles. The van der Waals surface area contributed by atoms with E-state index in [0.717, 1.165) is 16.9 Å². The van der Waals surface area contributed by atoms with E-state index in [1.54, 1.807) is 13.2 Å². The van der Waals surface area contributed by atoms with Crippen molar-refractivity contribution in [3.8, 4) is 17.0 Å². The van der Waals surface area contributed by atoms with Crippen LogP contribution in [-0.4, -0.2) is 36.0 Å². The first-order chi connectivity index (χ1) is 14.2. The van der Waals surface area contributed by atoms with Crippen LogP contribution in [0.4, 0.5) is 11.5 Å². The van der Waals surface area contributed by atoms with Crippen LogP contribution in [-0.2, 0) is 9.78 Å². The molecule has 0 bridgehead atoms. The van der Waals surface area contributed by atoms with E-state index < -0.39 is 0 Å². The van der Waals surface area contributed by atoms with E-state index in [4.69, 9.17) is 26.1 Å². The molecule has 0 amide bonds. The third-order valence-electron chi connectivity index (χ3n) is 3.80. The molecule has 0 atom stereocenters. The summed E-state index contributed by atoms with van der Waals surface area (Å²) in [6.07, 6.45) is 0. The zero-order valence-corrected chi connectivity index (χ0v) is 17.8. The van der Waals surface area contributed by atoms with E-state index in [0.29, 0.717) is 40.7 Å². The average molecular weight is 432 g/mol. The number of thioether (sulfide) groups is 1. The summed E-state index contributed by atoms with van der Waals surface area (Å²) in [5.74, 6) is 1.97. The van der Waals surface area contributed by atoms with Gasteiger partial charge in [0.1, 0.15) is 11.6 Å². The molecule has 1 N–H and O–H groups in total. The lowest BCUT2D eigenvalue weighted by Gasteiger charge is -2.11. The van der Waals surface area contributed by atoms with Crippen LogP contribution in [0.5, 0.6) is 5.75 Å². The number of aromatic nitrogens is 2. The van der Waals surface area contributed by atoms with Gasteiger partial charge in [0.2, 0.25) is 0 Å². The molecule has 0 aliphatic heterocycles. The maximum absolute atomic E-state index is 6.24. The zero-order chi connectivity index (χ0) is 20.5. The lowest BCUT2D eigenvalue weighted by atomic mass is 10.1. The summed E-state index contributed by atoms with van der Waals surface area (Å²) in [6, 6.07) is 17.4. The lowest BCUT2D eigenvalue weighted by Crippen LogP contribution is -2.02. The van der Waals surface area contributed by atoms with Crippen molar-refractivity contribution in [1.29, 1.82) is 0 Å². The van der Waals surface area contributed by atoms with Crippen molar-refractivity contribution in [3.05, 3.63) is 59.6 Å². The van der Waals surface area contributed by atoms with E-state index >= 15 is 0 Å². The molecule has 0 fully saturated rings. The van der Waals surface area contributed by atoms with Gasteiger partial charge in [-0.25, -0.2) is 19.7 Å². The highest BCUT2D eigenvalue weighted by atomic mass is 35.5. The highest BCUT2D eigenvalue weighted by molar-refractivity contribution is 7.99. The molecule has 152 valence electrons. The number of rotatable bonds is 10. The molecule has 0 aliphatic rings. The highest BCUT2D eigenvalue weighted by Crippen LogP contribution is 2.30. The van der Waals surface area contributed by atoms with Crippen LogP contribution in [0.15, 0.2) is 59.8 Å². The molecule has 29 heavy (non-hydrogen) atoms. The molecule has 3 rings (SSSR count). The van der Waals surface area contributed by atoms with Crippen LogP contribution in [0.25, 0.3) is 11.3 Å². The first kappa shape index (κ1) is 21.4. The summed E-state index contributed by atoms with van der Waals surface area (Å²) < 4.78 is 5.21. The largest absolute Gasteiger partial charge is 0.495 e. The molecule has 1 aromatic heterocycles. The predicted molar refractivity (Wildman–Crippen MR) is 117 cm³/mol. The minimum atomic E-state index is 0.453. The Balaban J connectivity index is 1.82. The maximum atomic E-state index is 6.24. The third-order valence-corrected chi connectivity index (χ3v) is 4.91. The molecule has 0 saturated carbocycles. The van der Waals surface area contributed by atoms with Crippen LogP contribution in [0, 0.1) is 0 Å². The molecule has 0 radical (unpaired) electrons. The second-order valence-corrected chi connectivity index (χ2v) is 7.31. The Morgan fingerprint density at radius 1 is 1.03 bits per heavy atom. The van der Waals surface area contributed by atoms with Gasteiger partial charge in [-0.05, 0) is 25.1 Å². The van der Waals surface area contributed by atoms with Crippen LogP contribution < -0.4 is 10.1 Å². The van der Waals surface area contributed by atoms with Gasteiger partial charge in [-0.1, -0.05) is 53.7 Å². The fourth-order valence-corrected chi connectivity index (χ4v) is 3.43. The first-order valence-electron chi connectivity index (χ1n) is 9.12. The molecule has 8 heteroatoms. The van der Waals surface area contributed by atoms with E-state index in [-0.39, 0.29) is 0 Å². The Hall–Kier alpha value is -2.32. The van der Waals surface area contributed by atoms with Crippen molar-refractivity contribution in [2.24, 2.45) is 0 Å². The number of ether oxygens (including phenoxy) is 1. The Morgan fingerprint density at radius 3 is 2.59 bits per heavy atom. The smallest absolute Gasteiger partial charge is 0.190 e. The molecular weight excluding hydrogens is 410 g/mol. The van der Waals surface area contributed by atoms with Gasteiger partial charge in [0, 0.05) is 23.1 Å². The van der Waals surface area contributed by atoms with Crippen molar-refractivity contribution in [2.75, 3.05) is 31.4 Å². The summed E-state index contributed by atoms with van der Waals surface area (Å²) in [7, 11) is 1.59. The van der Waals surface area contributed by atoms with Crippen molar-refractivity contribution in [2.45, 2.75) is 12.1 Å². The number of anilines is 2. The van der Waals surface area contributed by atoms with Gasteiger partial charge in [-0.2, -0.15) is 0 Å². The summed E-state index contributed by atoms with van der Waals surface area (Å²) in [6.45, 7) is 2.85. The van der Waals surface area contributed by atoms with E-state index in [9.17, 15) is 0 Å². The van der Waals surface area contributed by atoms with E-state index in [1.165, 1.54) is 11.8 Å². The van der Waals surface area contributed by atoms with Crippen LogP contribution in [0.3, 0.4) is 0 Å². The third kappa shape index (κ3) is 6.33. The minimum absolute atomic E-state index is 0.453. The van der Waals surface area contributed by atoms with Gasteiger partial charge >= 0.3 is 0 Å². The fraction of sp³-hybridized carbons (Fsp3) is 0.238. The molecular formula is C21H22ClN3O3S. The second kappa shape index (κ2) is 11.0. The number of halogens is 1. The Morgan fingerprint density at radius 2 is 1.86 bits per heavy atom. The fourth-order valence-electron chi connectivity index (χ4n) is 2.51. The molecule has 6 nitrogen and oxygen atoms in total. The monoisotopic (exact) mass is 431 g/mol. The van der Waals surface area contributed by atoms with Crippen molar-refractivity contribution in [3.63, 3.8) is 0 Å². The first-order valence-corrected chi connectivity index (χ1v) is 10.5. The minimum Gasteiger partial charge on any atom is -0.495 e. The number of hydrogen-bond donors (Lipinski definition) is 1. The van der Waals surface area contributed by atoms with Crippen molar-refractivity contribution in [1.82, 2.24) is 9.97 Å². The van der Waals surface area contributed by atoms with Crippen LogP contribution in [0.1, 0.15) is 6.92 Å². The molecule has 0 aliphatic carbocycles. The van der Waals surface area contributed by atoms with Gasteiger partial charge in [0.05, 0.1) is 31.0 Å².